The fraction of sp³-hybridized carbons (Fsp3) is 0.492. The summed E-state index contributed by atoms with van der Waals surface area (Å²) in [5.41, 5.74) is 11.2. The summed E-state index contributed by atoms with van der Waals surface area (Å²) in [7, 11) is 0. The van der Waals surface area contributed by atoms with E-state index in [1.165, 1.54) is 34.2 Å². The lowest BCUT2D eigenvalue weighted by Crippen LogP contribution is -2.26. The topological polar surface area (TPSA) is 178 Å². The van der Waals surface area contributed by atoms with Gasteiger partial charge in [-0.15, -0.1) is 0 Å². The lowest BCUT2D eigenvalue weighted by Gasteiger charge is -2.28. The van der Waals surface area contributed by atoms with Crippen LogP contribution in [0.5, 0.6) is 17.2 Å². The second kappa shape index (κ2) is 28.5. The minimum atomic E-state index is -4.38. The van der Waals surface area contributed by atoms with E-state index in [0.717, 1.165) is 196 Å². The van der Waals surface area contributed by atoms with E-state index in [-0.39, 0.29) is 52.4 Å². The number of pyridine rings is 3. The number of nitrogens with zero attached hydrogens (tertiary/aromatic N) is 3. The van der Waals surface area contributed by atoms with Gasteiger partial charge in [-0.3, -0.25) is 14.4 Å². The van der Waals surface area contributed by atoms with Gasteiger partial charge >= 0.3 is 12.4 Å². The van der Waals surface area contributed by atoms with Crippen molar-refractivity contribution in [2.45, 2.75) is 148 Å². The maximum Gasteiger partial charge on any atom is 0.422 e. The number of benzene rings is 3. The van der Waals surface area contributed by atoms with Crippen LogP contribution in [0.3, 0.4) is 0 Å². The van der Waals surface area contributed by atoms with E-state index in [1.54, 1.807) is 49.4 Å². The van der Waals surface area contributed by atoms with Crippen molar-refractivity contribution >= 4 is 40.0 Å². The molecule has 7 aliphatic rings. The Morgan fingerprint density at radius 3 is 1.27 bits per heavy atom. The van der Waals surface area contributed by atoms with Crippen LogP contribution in [0.2, 0.25) is 0 Å². The van der Waals surface area contributed by atoms with Crippen molar-refractivity contribution in [3.63, 3.8) is 0 Å². The number of hydrogen-bond acceptors (Lipinski definition) is 13. The monoisotopic (exact) mass is 1340 g/mol. The highest BCUT2D eigenvalue weighted by molar-refractivity contribution is 14.1. The van der Waals surface area contributed by atoms with Gasteiger partial charge in [0, 0.05) is 117 Å². The molecule has 4 saturated heterocycles. The van der Waals surface area contributed by atoms with Gasteiger partial charge in [-0.1, -0.05) is 22.6 Å². The van der Waals surface area contributed by atoms with Crippen LogP contribution in [0.1, 0.15) is 84.7 Å². The third-order valence-corrected chi connectivity index (χ3v) is 17.7. The van der Waals surface area contributed by atoms with Crippen molar-refractivity contribution in [1.82, 2.24) is 13.7 Å². The molecular weight excluding hydrogens is 1270 g/mol. The molecule has 0 aliphatic carbocycles. The maximum absolute atomic E-state index is 12.7. The molecule has 23 heteroatoms. The van der Waals surface area contributed by atoms with E-state index in [0.29, 0.717) is 25.1 Å². The van der Waals surface area contributed by atoms with E-state index in [1.807, 2.05) is 26.0 Å². The van der Waals surface area contributed by atoms with E-state index in [2.05, 4.69) is 41.8 Å². The molecule has 474 valence electrons. The first-order valence-corrected chi connectivity index (χ1v) is 31.7. The highest BCUT2D eigenvalue weighted by atomic mass is 127. The quantitative estimate of drug-likeness (QED) is 0.0488. The molecule has 4 atom stereocenters. The lowest BCUT2D eigenvalue weighted by atomic mass is 9.94. The molecule has 0 bridgehead atoms. The zero-order valence-corrected chi connectivity index (χ0v) is 51.8. The van der Waals surface area contributed by atoms with Crippen LogP contribution in [-0.4, -0.2) is 113 Å². The molecule has 0 radical (unpaired) electrons. The first-order valence-electron chi connectivity index (χ1n) is 30.2. The lowest BCUT2D eigenvalue weighted by molar-refractivity contribution is -0.153. The molecule has 4 unspecified atom stereocenters. The number of halogens is 7. The number of phenolic OH excluding ortho intramolecular Hbond substituents is 1. The third kappa shape index (κ3) is 15.9. The number of rotatable bonds is 13. The Balaban J connectivity index is 0.000000140. The van der Waals surface area contributed by atoms with Crippen LogP contribution in [-0.2, 0) is 57.8 Å². The summed E-state index contributed by atoms with van der Waals surface area (Å²) in [6.07, 6.45) is 2.90. The van der Waals surface area contributed by atoms with E-state index >= 15 is 0 Å². The van der Waals surface area contributed by atoms with Crippen molar-refractivity contribution in [3.05, 3.63) is 137 Å². The summed E-state index contributed by atoms with van der Waals surface area (Å²) < 4.78 is 109. The van der Waals surface area contributed by atoms with Gasteiger partial charge < -0.3 is 63.2 Å². The Kier molecular flexibility index (Phi) is 20.9. The number of aryl methyl sites for hydroxylation is 3. The van der Waals surface area contributed by atoms with Crippen molar-refractivity contribution < 1.29 is 59.9 Å². The van der Waals surface area contributed by atoms with Crippen molar-refractivity contribution in [2.75, 3.05) is 73.0 Å². The SMILES string of the molecule is Cc1c2n(c(NCC3CCCO3)cc1=O)CCc1cc(O)ccc1-2.Cc1c2n(c(NCC3CCCO3)cc1=O)CCc1cc(OC3CCCO3)ccc1-2.Cc1c2n(c(NCC3CCCO3)cc1=O)CCc1cc(OCC(F)(F)F)ccc1-2.FC(F)(F)CI. The van der Waals surface area contributed by atoms with Crippen LogP contribution in [0.25, 0.3) is 33.8 Å². The number of alkyl halides is 7. The van der Waals surface area contributed by atoms with Gasteiger partial charge in [-0.2, -0.15) is 26.3 Å². The molecular formula is C65H75F6IN6O10. The van der Waals surface area contributed by atoms with E-state index in [4.69, 9.17) is 28.4 Å². The predicted octanol–water partition coefficient (Wildman–Crippen LogP) is 12.1. The van der Waals surface area contributed by atoms with Crippen LogP contribution in [0.15, 0.2) is 87.2 Å². The van der Waals surface area contributed by atoms with Gasteiger partial charge in [0.05, 0.1) is 46.4 Å². The van der Waals surface area contributed by atoms with Gasteiger partial charge in [0.1, 0.15) is 34.7 Å². The zero-order valence-electron chi connectivity index (χ0n) is 49.6. The molecule has 0 saturated carbocycles. The van der Waals surface area contributed by atoms with Gasteiger partial charge in [0.25, 0.3) is 0 Å². The van der Waals surface area contributed by atoms with Crippen LogP contribution in [0, 0.1) is 20.8 Å². The predicted molar refractivity (Wildman–Crippen MR) is 334 cm³/mol. The van der Waals surface area contributed by atoms with Crippen LogP contribution < -0.4 is 41.7 Å². The molecule has 10 heterocycles. The highest BCUT2D eigenvalue weighted by Gasteiger charge is 2.31. The van der Waals surface area contributed by atoms with Gasteiger partial charge in [0.2, 0.25) is 0 Å². The Bertz CT molecular complexity index is 3620. The maximum atomic E-state index is 12.7. The number of fused-ring (bicyclic) bond motifs is 9. The summed E-state index contributed by atoms with van der Waals surface area (Å²) in [6.45, 7) is 11.8. The standard InChI is InChI=1S/C23H28N2O4.C21H23F3N2O3.C19H22N2O3.C2H2F3I/c1-15-20(26)13-21(24-14-18-4-2-10-27-18)25-9-8-16-12-17(6-7-19(16)23(15)25)29-22-5-3-11-28-22;1-13-18(27)10-19(25-11-16-3-2-8-28-16)26-7-6-14-9-15(29-12-21(22,23)24)4-5-17(14)20(13)26;1-12-17(23)10-18(20-11-15-3-2-8-24-15)21-7-6-13-9-14(22)4-5-16(13)19(12)21;3-2(4,5)1-6/h6-7,12-13,18,22,24H,2-5,8-11,14H2,1H3;4-5,9-10,16,25H,2-3,6-8,11-12H2,1H3;4-5,9-10,15,20,22H,2-3,6-8,11H2,1H3;1H2. The Labute approximate surface area is 520 Å². The fourth-order valence-corrected chi connectivity index (χ4v) is 12.4. The molecule has 6 aromatic rings. The van der Waals surface area contributed by atoms with Crippen molar-refractivity contribution in [3.8, 4) is 51.0 Å². The average molecular weight is 1340 g/mol. The smallest absolute Gasteiger partial charge is 0.422 e. The third-order valence-electron chi connectivity index (χ3n) is 16.8. The Morgan fingerprint density at radius 1 is 0.523 bits per heavy atom. The molecule has 13 rings (SSSR count). The summed E-state index contributed by atoms with van der Waals surface area (Å²) in [5, 5.41) is 20.0. The van der Waals surface area contributed by atoms with Gasteiger partial charge in [-0.05, 0) is 156 Å². The molecule has 3 aromatic carbocycles. The zero-order chi connectivity index (χ0) is 62.3. The van der Waals surface area contributed by atoms with Gasteiger partial charge in [-0.25, -0.2) is 0 Å². The molecule has 0 amide bonds. The first kappa shape index (κ1) is 64.4. The van der Waals surface area contributed by atoms with Crippen molar-refractivity contribution in [1.29, 1.82) is 0 Å². The minimum Gasteiger partial charge on any atom is -0.508 e. The number of phenols is 1. The molecule has 7 aliphatic heterocycles. The summed E-state index contributed by atoms with van der Waals surface area (Å²) in [4.78, 5) is 37.7. The average Bonchev–Trinajstić information content (AvgIpc) is 0.953. The molecule has 4 N–H and O–H groups in total. The van der Waals surface area contributed by atoms with Crippen LogP contribution >= 0.6 is 22.6 Å². The number of aromatic nitrogens is 3. The van der Waals surface area contributed by atoms with Crippen molar-refractivity contribution in [2.24, 2.45) is 0 Å². The number of anilines is 3. The fourth-order valence-electron chi connectivity index (χ4n) is 12.4. The second-order valence-corrected chi connectivity index (χ2v) is 23.8. The van der Waals surface area contributed by atoms with E-state index in [9.17, 15) is 45.8 Å². The minimum absolute atomic E-state index is 0.0389. The number of aromatic hydroxyl groups is 1. The van der Waals surface area contributed by atoms with Gasteiger partial charge in [0.15, 0.2) is 29.2 Å². The number of hydrogen-bond donors (Lipinski definition) is 4. The largest absolute Gasteiger partial charge is 0.508 e. The summed E-state index contributed by atoms with van der Waals surface area (Å²) in [5.74, 6) is 3.79. The molecule has 4 fully saturated rings. The normalized spacial score (nSPS) is 19.6. The molecule has 16 nitrogen and oxygen atoms in total. The molecule has 88 heavy (non-hydrogen) atoms. The molecule has 0 spiro atoms. The first-order chi connectivity index (χ1) is 42.2. The summed E-state index contributed by atoms with van der Waals surface area (Å²) in [6, 6.07) is 21.5. The van der Waals surface area contributed by atoms with E-state index < -0.39 is 23.4 Å². The Morgan fingerprint density at radius 2 is 0.898 bits per heavy atom. The number of ether oxygens (including phenoxy) is 6. The Hall–Kier alpha value is -6.54. The highest BCUT2D eigenvalue weighted by Crippen LogP contribution is 2.39. The number of nitrogens with one attached hydrogen (secondary N) is 3. The second-order valence-electron chi connectivity index (χ2n) is 23.0. The summed E-state index contributed by atoms with van der Waals surface area (Å²) >= 11 is 1.27. The van der Waals surface area contributed by atoms with Crippen LogP contribution in [0.4, 0.5) is 43.8 Å². The molecule has 3 aromatic heterocycles.